The third-order valence-corrected chi connectivity index (χ3v) is 6.47. The first-order valence-corrected chi connectivity index (χ1v) is 11.8. The first-order chi connectivity index (χ1) is 17.1. The largest absolute Gasteiger partial charge is 0.493 e. The standard InChI is InChI=1S/C27H27FN6O/c1-17-12-18(4-2-3-10-29)5-6-20(17)23-15-32-27(34-16-19(13-30)33-26(23)34)31-14-22-21-9-11-35-25(21)8-7-24(22)28/h5-8,12,15-16H,2-4,9-11,14,29H2,1H3,(H,31,32). The summed E-state index contributed by atoms with van der Waals surface area (Å²) in [7, 11) is 0. The number of nitrogens with zero attached hydrogens (tertiary/aromatic N) is 4. The molecule has 5 rings (SSSR count). The summed E-state index contributed by atoms with van der Waals surface area (Å²) in [5.41, 5.74) is 12.2. The van der Waals surface area contributed by atoms with Crippen molar-refractivity contribution in [1.82, 2.24) is 14.4 Å². The summed E-state index contributed by atoms with van der Waals surface area (Å²) >= 11 is 0. The van der Waals surface area contributed by atoms with Gasteiger partial charge in [-0.2, -0.15) is 5.26 Å². The Bertz CT molecular complexity index is 1440. The zero-order chi connectivity index (χ0) is 24.4. The van der Waals surface area contributed by atoms with Gasteiger partial charge in [0.05, 0.1) is 12.8 Å². The van der Waals surface area contributed by atoms with E-state index < -0.39 is 0 Å². The second kappa shape index (κ2) is 9.72. The van der Waals surface area contributed by atoms with Gasteiger partial charge in [0.15, 0.2) is 11.3 Å². The predicted molar refractivity (Wildman–Crippen MR) is 133 cm³/mol. The fourth-order valence-corrected chi connectivity index (χ4v) is 4.68. The van der Waals surface area contributed by atoms with Crippen molar-refractivity contribution >= 4 is 11.6 Å². The van der Waals surface area contributed by atoms with Gasteiger partial charge in [-0.15, -0.1) is 0 Å². The highest BCUT2D eigenvalue weighted by Gasteiger charge is 2.20. The lowest BCUT2D eigenvalue weighted by atomic mass is 9.98. The number of nitriles is 1. The van der Waals surface area contributed by atoms with Gasteiger partial charge in [0, 0.05) is 35.9 Å². The molecule has 4 aromatic rings. The van der Waals surface area contributed by atoms with Crippen molar-refractivity contribution in [3.05, 3.63) is 76.5 Å². The Balaban J connectivity index is 1.48. The lowest BCUT2D eigenvalue weighted by molar-refractivity contribution is 0.356. The molecule has 0 saturated heterocycles. The maximum atomic E-state index is 14.6. The number of halogens is 1. The van der Waals surface area contributed by atoms with Crippen molar-refractivity contribution in [3.63, 3.8) is 0 Å². The molecule has 35 heavy (non-hydrogen) atoms. The number of aromatic nitrogens is 3. The fraction of sp³-hybridized carbons (Fsp3) is 0.296. The van der Waals surface area contributed by atoms with Crippen LogP contribution in [0.25, 0.3) is 16.8 Å². The zero-order valence-corrected chi connectivity index (χ0v) is 19.6. The third kappa shape index (κ3) is 4.43. The van der Waals surface area contributed by atoms with Crippen LogP contribution in [0.1, 0.15) is 40.8 Å². The number of imidazole rings is 1. The number of hydrogen-bond acceptors (Lipinski definition) is 6. The molecule has 0 bridgehead atoms. The number of ether oxygens (including phenoxy) is 1. The molecule has 3 N–H and O–H groups in total. The van der Waals surface area contributed by atoms with Crippen LogP contribution in [0.15, 0.2) is 42.7 Å². The molecule has 1 aliphatic heterocycles. The fourth-order valence-electron chi connectivity index (χ4n) is 4.68. The van der Waals surface area contributed by atoms with Crippen molar-refractivity contribution < 1.29 is 9.13 Å². The second-order valence-electron chi connectivity index (χ2n) is 8.78. The Morgan fingerprint density at radius 1 is 1.23 bits per heavy atom. The lowest BCUT2D eigenvalue weighted by Crippen LogP contribution is -2.09. The molecule has 0 fully saturated rings. The number of aryl methyl sites for hydroxylation is 2. The Kier molecular flexibility index (Phi) is 6.34. The number of nitrogens with one attached hydrogen (secondary N) is 1. The predicted octanol–water partition coefficient (Wildman–Crippen LogP) is 4.54. The van der Waals surface area contributed by atoms with Gasteiger partial charge in [-0.3, -0.25) is 4.40 Å². The smallest absolute Gasteiger partial charge is 0.208 e. The van der Waals surface area contributed by atoms with Gasteiger partial charge in [0.25, 0.3) is 0 Å². The van der Waals surface area contributed by atoms with Gasteiger partial charge in [-0.25, -0.2) is 14.4 Å². The van der Waals surface area contributed by atoms with E-state index in [2.05, 4.69) is 46.5 Å². The minimum absolute atomic E-state index is 0.246. The van der Waals surface area contributed by atoms with Crippen LogP contribution in [0.3, 0.4) is 0 Å². The highest BCUT2D eigenvalue weighted by molar-refractivity contribution is 5.80. The summed E-state index contributed by atoms with van der Waals surface area (Å²) < 4.78 is 21.9. The lowest BCUT2D eigenvalue weighted by Gasteiger charge is -2.14. The van der Waals surface area contributed by atoms with Crippen LogP contribution in [-0.4, -0.2) is 27.5 Å². The molecule has 1 aliphatic rings. The van der Waals surface area contributed by atoms with Crippen LogP contribution < -0.4 is 15.8 Å². The number of fused-ring (bicyclic) bond motifs is 2. The summed E-state index contributed by atoms with van der Waals surface area (Å²) in [4.78, 5) is 9.16. The summed E-state index contributed by atoms with van der Waals surface area (Å²) in [6, 6.07) is 11.6. The molecular formula is C27H27FN6O. The average Bonchev–Trinajstić information content (AvgIpc) is 3.51. The summed E-state index contributed by atoms with van der Waals surface area (Å²) in [5, 5.41) is 12.7. The highest BCUT2D eigenvalue weighted by Crippen LogP contribution is 2.32. The normalized spacial score (nSPS) is 12.4. The van der Waals surface area contributed by atoms with Gasteiger partial charge in [-0.05, 0) is 61.6 Å². The first-order valence-electron chi connectivity index (χ1n) is 11.8. The molecule has 0 atom stereocenters. The number of nitrogens with two attached hydrogens (primary N) is 1. The van der Waals surface area contributed by atoms with Crippen molar-refractivity contribution in [2.45, 2.75) is 39.2 Å². The van der Waals surface area contributed by atoms with E-state index in [9.17, 15) is 9.65 Å². The van der Waals surface area contributed by atoms with Crippen LogP contribution in [0.2, 0.25) is 0 Å². The molecule has 178 valence electrons. The van der Waals surface area contributed by atoms with E-state index in [0.717, 1.165) is 47.3 Å². The van der Waals surface area contributed by atoms with Gasteiger partial charge in [0.1, 0.15) is 17.6 Å². The number of anilines is 1. The molecule has 0 spiro atoms. The first kappa shape index (κ1) is 22.8. The van der Waals surface area contributed by atoms with E-state index in [1.807, 2.05) is 0 Å². The number of hydrogen-bond donors (Lipinski definition) is 2. The molecule has 7 nitrogen and oxygen atoms in total. The molecule has 8 heteroatoms. The Hall–Kier alpha value is -3.96. The molecule has 0 amide bonds. The van der Waals surface area contributed by atoms with Crippen molar-refractivity contribution in [2.24, 2.45) is 5.73 Å². The van der Waals surface area contributed by atoms with Crippen molar-refractivity contribution in [3.8, 4) is 22.9 Å². The quantitative estimate of drug-likeness (QED) is 0.367. The molecule has 0 radical (unpaired) electrons. The van der Waals surface area contributed by atoms with Crippen LogP contribution in [0.4, 0.5) is 10.3 Å². The topological polar surface area (TPSA) is 101 Å². The third-order valence-electron chi connectivity index (χ3n) is 6.47. The molecule has 0 saturated carbocycles. The molecule has 3 heterocycles. The minimum atomic E-state index is -0.278. The van der Waals surface area contributed by atoms with Gasteiger partial charge < -0.3 is 15.8 Å². The minimum Gasteiger partial charge on any atom is -0.493 e. The van der Waals surface area contributed by atoms with Crippen molar-refractivity contribution in [2.75, 3.05) is 18.5 Å². The molecular weight excluding hydrogens is 443 g/mol. The molecule has 2 aromatic carbocycles. The van der Waals surface area contributed by atoms with Gasteiger partial charge in [0.2, 0.25) is 5.95 Å². The van der Waals surface area contributed by atoms with E-state index in [1.165, 1.54) is 11.6 Å². The van der Waals surface area contributed by atoms with Crippen LogP contribution >= 0.6 is 0 Å². The van der Waals surface area contributed by atoms with E-state index in [1.54, 1.807) is 22.9 Å². The number of unbranched alkanes of at least 4 members (excludes halogenated alkanes) is 1. The van der Waals surface area contributed by atoms with Gasteiger partial charge in [-0.1, -0.05) is 18.2 Å². The number of benzene rings is 2. The molecule has 0 aliphatic carbocycles. The summed E-state index contributed by atoms with van der Waals surface area (Å²) in [6.45, 7) is 3.58. The monoisotopic (exact) mass is 470 g/mol. The van der Waals surface area contributed by atoms with Crippen molar-refractivity contribution in [1.29, 1.82) is 5.26 Å². The van der Waals surface area contributed by atoms with E-state index >= 15 is 0 Å². The van der Waals surface area contributed by atoms with Crippen LogP contribution in [0.5, 0.6) is 5.75 Å². The summed E-state index contributed by atoms with van der Waals surface area (Å²) in [5.74, 6) is 0.942. The molecule has 0 unspecified atom stereocenters. The Labute approximate surface area is 203 Å². The highest BCUT2D eigenvalue weighted by atomic mass is 19.1. The van der Waals surface area contributed by atoms with Crippen LogP contribution in [0, 0.1) is 24.1 Å². The maximum absolute atomic E-state index is 14.6. The zero-order valence-electron chi connectivity index (χ0n) is 19.6. The summed E-state index contributed by atoms with van der Waals surface area (Å²) in [6.07, 6.45) is 7.15. The van der Waals surface area contributed by atoms with E-state index in [0.29, 0.717) is 42.4 Å². The Morgan fingerprint density at radius 3 is 2.91 bits per heavy atom. The maximum Gasteiger partial charge on any atom is 0.208 e. The Morgan fingerprint density at radius 2 is 2.11 bits per heavy atom. The van der Waals surface area contributed by atoms with E-state index in [4.69, 9.17) is 10.5 Å². The van der Waals surface area contributed by atoms with Crippen LogP contribution in [-0.2, 0) is 19.4 Å². The second-order valence-corrected chi connectivity index (χ2v) is 8.78. The SMILES string of the molecule is Cc1cc(CCCCN)ccc1-c1cnc(NCc2c(F)ccc3c2CCO3)n2cc(C#N)nc12. The molecule has 2 aromatic heterocycles. The number of rotatable bonds is 8. The van der Waals surface area contributed by atoms with Gasteiger partial charge >= 0.3 is 0 Å². The average molecular weight is 471 g/mol. The van der Waals surface area contributed by atoms with E-state index in [-0.39, 0.29) is 12.4 Å².